The van der Waals surface area contributed by atoms with Crippen molar-refractivity contribution in [2.45, 2.75) is 45.6 Å². The number of ketones is 1. The third kappa shape index (κ3) is 5.28. The maximum atomic E-state index is 13.1. The Labute approximate surface area is 195 Å². The summed E-state index contributed by atoms with van der Waals surface area (Å²) < 4.78 is 10.7. The number of benzene rings is 2. The van der Waals surface area contributed by atoms with E-state index in [2.05, 4.69) is 20.8 Å². The normalized spacial score (nSPS) is 18.1. The van der Waals surface area contributed by atoms with Crippen molar-refractivity contribution in [2.24, 2.45) is 0 Å². The highest BCUT2D eigenvalue weighted by molar-refractivity contribution is 6.46. The van der Waals surface area contributed by atoms with E-state index in [4.69, 9.17) is 9.47 Å². The van der Waals surface area contributed by atoms with Gasteiger partial charge in [0.1, 0.15) is 11.5 Å². The van der Waals surface area contributed by atoms with E-state index in [9.17, 15) is 14.7 Å². The van der Waals surface area contributed by atoms with Crippen LogP contribution in [0.2, 0.25) is 0 Å². The van der Waals surface area contributed by atoms with Crippen molar-refractivity contribution >= 4 is 17.4 Å². The van der Waals surface area contributed by atoms with Crippen LogP contribution >= 0.6 is 0 Å². The molecule has 1 amide bonds. The fourth-order valence-electron chi connectivity index (χ4n) is 4.06. The maximum Gasteiger partial charge on any atom is 0.295 e. The number of rotatable bonds is 8. The van der Waals surface area contributed by atoms with Crippen molar-refractivity contribution in [1.82, 2.24) is 4.90 Å². The second-order valence-electron chi connectivity index (χ2n) is 9.17. The molecule has 0 bridgehead atoms. The van der Waals surface area contributed by atoms with Gasteiger partial charge in [0.25, 0.3) is 11.7 Å². The molecule has 176 valence electrons. The SMILES string of the molecule is CCOc1cccc(C(O)=C2C(=O)C(=O)N(CCCOC)C2c2ccc(C(C)(C)C)cc2)c1. The highest BCUT2D eigenvalue weighted by atomic mass is 16.5. The molecular weight excluding hydrogens is 418 g/mol. The predicted molar refractivity (Wildman–Crippen MR) is 128 cm³/mol. The molecule has 1 aliphatic rings. The Bertz CT molecular complexity index is 1030. The Hall–Kier alpha value is -3.12. The van der Waals surface area contributed by atoms with E-state index < -0.39 is 17.7 Å². The molecule has 1 heterocycles. The number of nitrogens with zero attached hydrogens (tertiary/aromatic N) is 1. The second kappa shape index (κ2) is 10.2. The molecule has 1 aliphatic heterocycles. The van der Waals surface area contributed by atoms with Crippen LogP contribution in [0.15, 0.2) is 54.1 Å². The molecule has 2 aromatic rings. The van der Waals surface area contributed by atoms with Crippen LogP contribution in [0.4, 0.5) is 0 Å². The lowest BCUT2D eigenvalue weighted by molar-refractivity contribution is -0.140. The van der Waals surface area contributed by atoms with Crippen LogP contribution in [0, 0.1) is 0 Å². The predicted octanol–water partition coefficient (Wildman–Crippen LogP) is 4.84. The Morgan fingerprint density at radius 1 is 1.09 bits per heavy atom. The fourth-order valence-corrected chi connectivity index (χ4v) is 4.06. The van der Waals surface area contributed by atoms with E-state index in [0.29, 0.717) is 37.5 Å². The number of hydrogen-bond acceptors (Lipinski definition) is 5. The van der Waals surface area contributed by atoms with E-state index >= 15 is 0 Å². The third-order valence-corrected chi connectivity index (χ3v) is 5.80. The lowest BCUT2D eigenvalue weighted by Crippen LogP contribution is -2.31. The van der Waals surface area contributed by atoms with Gasteiger partial charge in [0, 0.05) is 25.8 Å². The van der Waals surface area contributed by atoms with Crippen molar-refractivity contribution in [3.8, 4) is 5.75 Å². The summed E-state index contributed by atoms with van der Waals surface area (Å²) in [6.07, 6.45) is 0.583. The van der Waals surface area contributed by atoms with Crippen LogP contribution in [-0.4, -0.2) is 48.6 Å². The average Bonchev–Trinajstić information content (AvgIpc) is 3.04. The number of aliphatic hydroxyl groups is 1. The van der Waals surface area contributed by atoms with Crippen LogP contribution in [0.25, 0.3) is 5.76 Å². The summed E-state index contributed by atoms with van der Waals surface area (Å²) in [6.45, 7) is 9.56. The van der Waals surface area contributed by atoms with E-state index in [0.717, 1.165) is 11.1 Å². The minimum Gasteiger partial charge on any atom is -0.507 e. The molecule has 33 heavy (non-hydrogen) atoms. The van der Waals surface area contributed by atoms with Crippen molar-refractivity contribution in [1.29, 1.82) is 0 Å². The molecular formula is C27H33NO5. The lowest BCUT2D eigenvalue weighted by atomic mass is 9.85. The molecule has 0 aliphatic carbocycles. The minimum absolute atomic E-state index is 0.0292. The van der Waals surface area contributed by atoms with Gasteiger partial charge in [-0.05, 0) is 42.0 Å². The maximum absolute atomic E-state index is 13.1. The average molecular weight is 452 g/mol. The molecule has 0 radical (unpaired) electrons. The first-order valence-electron chi connectivity index (χ1n) is 11.3. The van der Waals surface area contributed by atoms with Crippen LogP contribution in [0.1, 0.15) is 56.8 Å². The van der Waals surface area contributed by atoms with Gasteiger partial charge < -0.3 is 19.5 Å². The molecule has 0 spiro atoms. The van der Waals surface area contributed by atoms with Crippen molar-refractivity contribution < 1.29 is 24.2 Å². The number of Topliss-reactive ketones (excluding diaryl/α,β-unsaturated/α-hetero) is 1. The number of ether oxygens (including phenoxy) is 2. The molecule has 2 aromatic carbocycles. The highest BCUT2D eigenvalue weighted by Gasteiger charge is 2.45. The van der Waals surface area contributed by atoms with Crippen molar-refractivity contribution in [3.05, 3.63) is 70.8 Å². The minimum atomic E-state index is -0.684. The van der Waals surface area contributed by atoms with Gasteiger partial charge in [-0.2, -0.15) is 0 Å². The van der Waals surface area contributed by atoms with Gasteiger partial charge in [-0.3, -0.25) is 9.59 Å². The first kappa shape index (κ1) is 24.5. The van der Waals surface area contributed by atoms with Gasteiger partial charge in [-0.25, -0.2) is 0 Å². The summed E-state index contributed by atoms with van der Waals surface area (Å²) in [5, 5.41) is 11.2. The highest BCUT2D eigenvalue weighted by Crippen LogP contribution is 2.40. The molecule has 1 fully saturated rings. The number of methoxy groups -OCH3 is 1. The molecule has 1 atom stereocenters. The lowest BCUT2D eigenvalue weighted by Gasteiger charge is -2.26. The van der Waals surface area contributed by atoms with Gasteiger partial charge >= 0.3 is 0 Å². The summed E-state index contributed by atoms with van der Waals surface area (Å²) in [7, 11) is 1.60. The van der Waals surface area contributed by atoms with Crippen molar-refractivity contribution in [2.75, 3.05) is 26.9 Å². The Morgan fingerprint density at radius 3 is 2.39 bits per heavy atom. The summed E-state index contributed by atoms with van der Waals surface area (Å²) in [6, 6.07) is 14.1. The molecule has 6 nitrogen and oxygen atoms in total. The Kier molecular flexibility index (Phi) is 7.59. The monoisotopic (exact) mass is 451 g/mol. The topological polar surface area (TPSA) is 76.1 Å². The first-order chi connectivity index (χ1) is 15.7. The third-order valence-electron chi connectivity index (χ3n) is 5.80. The summed E-state index contributed by atoms with van der Waals surface area (Å²) in [4.78, 5) is 27.6. The fraction of sp³-hybridized carbons (Fsp3) is 0.407. The molecule has 1 unspecified atom stereocenters. The molecule has 0 aromatic heterocycles. The molecule has 0 saturated carbocycles. The molecule has 1 N–H and O–H groups in total. The zero-order valence-electron chi connectivity index (χ0n) is 20.1. The molecule has 3 rings (SSSR count). The largest absolute Gasteiger partial charge is 0.507 e. The molecule has 6 heteroatoms. The zero-order valence-corrected chi connectivity index (χ0v) is 20.1. The van der Waals surface area contributed by atoms with Gasteiger partial charge in [-0.15, -0.1) is 0 Å². The van der Waals surface area contributed by atoms with Gasteiger partial charge in [-0.1, -0.05) is 57.2 Å². The first-order valence-corrected chi connectivity index (χ1v) is 11.3. The molecule has 1 saturated heterocycles. The second-order valence-corrected chi connectivity index (χ2v) is 9.17. The van der Waals surface area contributed by atoms with Crippen LogP contribution < -0.4 is 4.74 Å². The quantitative estimate of drug-likeness (QED) is 0.269. The number of carbonyl (C=O) groups excluding carboxylic acids is 2. The van der Waals surface area contributed by atoms with E-state index in [-0.39, 0.29) is 16.7 Å². The van der Waals surface area contributed by atoms with Crippen LogP contribution in [-0.2, 0) is 19.7 Å². The number of likely N-dealkylation sites (tertiary alicyclic amines) is 1. The zero-order chi connectivity index (χ0) is 24.2. The van der Waals surface area contributed by atoms with E-state index in [1.165, 1.54) is 4.90 Å². The number of hydrogen-bond donors (Lipinski definition) is 1. The van der Waals surface area contributed by atoms with E-state index in [1.807, 2.05) is 31.2 Å². The summed E-state index contributed by atoms with van der Waals surface area (Å²) >= 11 is 0. The van der Waals surface area contributed by atoms with Crippen molar-refractivity contribution in [3.63, 3.8) is 0 Å². The number of aliphatic hydroxyl groups excluding tert-OH is 1. The van der Waals surface area contributed by atoms with Crippen LogP contribution in [0.3, 0.4) is 0 Å². The standard InChI is InChI=1S/C27H33NO5/c1-6-33-21-10-7-9-19(17-21)24(29)22-23(18-11-13-20(14-12-18)27(2,3)4)28(15-8-16-32-5)26(31)25(22)30/h7,9-14,17,23,29H,6,8,15-16H2,1-5H3. The van der Waals surface area contributed by atoms with Gasteiger partial charge in [0.15, 0.2) is 0 Å². The summed E-state index contributed by atoms with van der Waals surface area (Å²) in [5.41, 5.74) is 2.43. The number of carbonyl (C=O) groups is 2. The summed E-state index contributed by atoms with van der Waals surface area (Å²) in [5.74, 6) is -0.911. The van der Waals surface area contributed by atoms with Crippen LogP contribution in [0.5, 0.6) is 5.75 Å². The smallest absolute Gasteiger partial charge is 0.295 e. The van der Waals surface area contributed by atoms with Gasteiger partial charge in [0.05, 0.1) is 18.2 Å². The number of amides is 1. The Balaban J connectivity index is 2.11. The Morgan fingerprint density at radius 2 is 1.79 bits per heavy atom. The van der Waals surface area contributed by atoms with E-state index in [1.54, 1.807) is 31.4 Å². The van der Waals surface area contributed by atoms with Gasteiger partial charge in [0.2, 0.25) is 0 Å².